The standard InChI is InChI=1S/C11H18O2.C7H7F.C2H6.C2H2/c1-4-9(2)5-6-10(3)7-8-11(12)13;1-6-2-4-7(8)5-3-6;2*1-2/h7H,2,4-6,8H2,1,3H3,(H,12,13);2-5H,1H3;1-2H3;1-2H/b10-7+;;;. The van der Waals surface area contributed by atoms with Crippen LogP contribution in [0.25, 0.3) is 0 Å². The number of carbonyl (C=O) groups is 1. The zero-order valence-corrected chi connectivity index (χ0v) is 16.3. The highest BCUT2D eigenvalue weighted by molar-refractivity contribution is 5.68. The Labute approximate surface area is 153 Å². The molecule has 0 atom stereocenters. The van der Waals surface area contributed by atoms with Crippen LogP contribution in [0.1, 0.15) is 58.9 Å². The Hall–Kier alpha value is -2.34. The molecule has 0 amide bonds. The minimum absolute atomic E-state index is 0.129. The number of carboxylic acid groups (broad SMARTS) is 1. The van der Waals surface area contributed by atoms with Gasteiger partial charge in [0.2, 0.25) is 0 Å². The van der Waals surface area contributed by atoms with E-state index >= 15 is 0 Å². The van der Waals surface area contributed by atoms with E-state index in [0.29, 0.717) is 0 Å². The third-order valence-electron chi connectivity index (χ3n) is 3.01. The number of allylic oxidation sites excluding steroid dienone is 2. The lowest BCUT2D eigenvalue weighted by Gasteiger charge is -2.02. The number of terminal acetylenes is 1. The van der Waals surface area contributed by atoms with Crippen molar-refractivity contribution in [1.29, 1.82) is 0 Å². The molecule has 0 saturated carbocycles. The van der Waals surface area contributed by atoms with Gasteiger partial charge in [-0.15, -0.1) is 12.8 Å². The van der Waals surface area contributed by atoms with Gasteiger partial charge in [0, 0.05) is 0 Å². The monoisotopic (exact) mass is 348 g/mol. The fraction of sp³-hybridized carbons (Fsp3) is 0.409. The average Bonchev–Trinajstić information content (AvgIpc) is 2.64. The van der Waals surface area contributed by atoms with Crippen molar-refractivity contribution in [1.82, 2.24) is 0 Å². The summed E-state index contributed by atoms with van der Waals surface area (Å²) < 4.78 is 12.1. The second-order valence-corrected chi connectivity index (χ2v) is 5.05. The first-order valence-corrected chi connectivity index (χ1v) is 8.44. The van der Waals surface area contributed by atoms with E-state index in [9.17, 15) is 9.18 Å². The van der Waals surface area contributed by atoms with Crippen molar-refractivity contribution in [3.8, 4) is 12.8 Å². The topological polar surface area (TPSA) is 37.3 Å². The highest BCUT2D eigenvalue weighted by Crippen LogP contribution is 2.12. The van der Waals surface area contributed by atoms with E-state index in [1.165, 1.54) is 17.7 Å². The second-order valence-electron chi connectivity index (χ2n) is 5.05. The summed E-state index contributed by atoms with van der Waals surface area (Å²) in [7, 11) is 0. The molecule has 0 aliphatic carbocycles. The maximum Gasteiger partial charge on any atom is 0.307 e. The molecule has 140 valence electrons. The Morgan fingerprint density at radius 2 is 1.68 bits per heavy atom. The van der Waals surface area contributed by atoms with Gasteiger partial charge in [-0.1, -0.05) is 62.3 Å². The van der Waals surface area contributed by atoms with Gasteiger partial charge >= 0.3 is 5.97 Å². The van der Waals surface area contributed by atoms with Gasteiger partial charge in [-0.2, -0.15) is 0 Å². The van der Waals surface area contributed by atoms with E-state index in [1.54, 1.807) is 18.2 Å². The lowest BCUT2D eigenvalue weighted by Crippen LogP contribution is -1.91. The molecule has 0 bridgehead atoms. The first-order chi connectivity index (χ1) is 11.8. The Balaban J connectivity index is -0.000000343. The van der Waals surface area contributed by atoms with Gasteiger partial charge in [-0.3, -0.25) is 4.79 Å². The molecule has 1 aromatic rings. The average molecular weight is 349 g/mol. The number of aliphatic carboxylic acids is 1. The lowest BCUT2D eigenvalue weighted by atomic mass is 10.0. The first kappa shape index (κ1) is 27.5. The zero-order chi connectivity index (χ0) is 20.3. The van der Waals surface area contributed by atoms with Gasteiger partial charge in [0.15, 0.2) is 0 Å². The number of rotatable bonds is 6. The fourth-order valence-corrected chi connectivity index (χ4v) is 1.45. The summed E-state index contributed by atoms with van der Waals surface area (Å²) in [6.07, 6.45) is 12.8. The van der Waals surface area contributed by atoms with Gasteiger partial charge in [-0.25, -0.2) is 4.39 Å². The fourth-order valence-electron chi connectivity index (χ4n) is 1.45. The third kappa shape index (κ3) is 21.7. The van der Waals surface area contributed by atoms with E-state index in [1.807, 2.05) is 27.7 Å². The van der Waals surface area contributed by atoms with Gasteiger partial charge in [-0.05, 0) is 45.2 Å². The molecular weight excluding hydrogens is 315 g/mol. The zero-order valence-electron chi connectivity index (χ0n) is 16.3. The third-order valence-corrected chi connectivity index (χ3v) is 3.01. The van der Waals surface area contributed by atoms with Crippen LogP contribution in [0.2, 0.25) is 0 Å². The smallest absolute Gasteiger partial charge is 0.307 e. The maximum atomic E-state index is 12.1. The molecule has 25 heavy (non-hydrogen) atoms. The highest BCUT2D eigenvalue weighted by atomic mass is 19.1. The molecule has 0 unspecified atom stereocenters. The Morgan fingerprint density at radius 3 is 2.04 bits per heavy atom. The summed E-state index contributed by atoms with van der Waals surface area (Å²) in [5.74, 6) is -0.940. The number of benzene rings is 1. The van der Waals surface area contributed by atoms with Crippen molar-refractivity contribution >= 4 is 5.97 Å². The Morgan fingerprint density at radius 1 is 1.20 bits per heavy atom. The van der Waals surface area contributed by atoms with Gasteiger partial charge in [0.1, 0.15) is 5.82 Å². The molecule has 0 radical (unpaired) electrons. The van der Waals surface area contributed by atoms with E-state index in [0.717, 1.165) is 30.4 Å². The first-order valence-electron chi connectivity index (χ1n) is 8.44. The van der Waals surface area contributed by atoms with E-state index < -0.39 is 5.97 Å². The maximum absolute atomic E-state index is 12.1. The number of hydrogen-bond donors (Lipinski definition) is 1. The predicted molar refractivity (Wildman–Crippen MR) is 107 cm³/mol. The molecule has 0 aliphatic heterocycles. The molecule has 0 spiro atoms. The minimum Gasteiger partial charge on any atom is -0.481 e. The number of carboxylic acids is 1. The van der Waals surface area contributed by atoms with Crippen LogP contribution in [-0.2, 0) is 4.79 Å². The van der Waals surface area contributed by atoms with Crippen LogP contribution < -0.4 is 0 Å². The number of hydrogen-bond acceptors (Lipinski definition) is 1. The van der Waals surface area contributed by atoms with Crippen molar-refractivity contribution in [2.24, 2.45) is 0 Å². The molecule has 0 heterocycles. The lowest BCUT2D eigenvalue weighted by molar-refractivity contribution is -0.136. The van der Waals surface area contributed by atoms with Crippen LogP contribution in [0.4, 0.5) is 4.39 Å². The molecule has 0 aliphatic rings. The molecule has 0 fully saturated rings. The molecule has 3 heteroatoms. The molecular formula is C22H33FO2. The summed E-state index contributed by atoms with van der Waals surface area (Å²) in [5, 5.41) is 8.42. The Bertz CT molecular complexity index is 490. The summed E-state index contributed by atoms with van der Waals surface area (Å²) >= 11 is 0. The largest absolute Gasteiger partial charge is 0.481 e. The molecule has 0 saturated heterocycles. The van der Waals surface area contributed by atoms with Crippen LogP contribution in [0.5, 0.6) is 0 Å². The van der Waals surface area contributed by atoms with E-state index in [2.05, 4.69) is 26.3 Å². The normalized spacial score (nSPS) is 9.20. The molecule has 0 aromatic heterocycles. The molecule has 1 rings (SSSR count). The van der Waals surface area contributed by atoms with Crippen LogP contribution in [0.15, 0.2) is 48.1 Å². The van der Waals surface area contributed by atoms with Gasteiger partial charge in [0.25, 0.3) is 0 Å². The number of aryl methyl sites for hydroxylation is 1. The quantitative estimate of drug-likeness (QED) is 0.466. The molecule has 2 nitrogen and oxygen atoms in total. The van der Waals surface area contributed by atoms with E-state index in [-0.39, 0.29) is 12.2 Å². The van der Waals surface area contributed by atoms with Crippen molar-refractivity contribution < 1.29 is 14.3 Å². The van der Waals surface area contributed by atoms with Crippen molar-refractivity contribution in [3.05, 3.63) is 59.4 Å². The number of halogens is 1. The summed E-state index contributed by atoms with van der Waals surface area (Å²) in [4.78, 5) is 10.2. The minimum atomic E-state index is -0.770. The highest BCUT2D eigenvalue weighted by Gasteiger charge is 1.96. The van der Waals surface area contributed by atoms with Gasteiger partial charge in [0.05, 0.1) is 6.42 Å². The molecule has 1 N–H and O–H groups in total. The Kier molecular flexibility index (Phi) is 21.7. The van der Waals surface area contributed by atoms with Crippen LogP contribution in [0, 0.1) is 25.6 Å². The van der Waals surface area contributed by atoms with Crippen molar-refractivity contribution in [2.45, 2.75) is 60.3 Å². The van der Waals surface area contributed by atoms with Crippen LogP contribution in [0.3, 0.4) is 0 Å². The second kappa shape index (κ2) is 19.7. The van der Waals surface area contributed by atoms with Crippen molar-refractivity contribution in [2.75, 3.05) is 0 Å². The molecule has 1 aromatic carbocycles. The van der Waals surface area contributed by atoms with Gasteiger partial charge < -0.3 is 5.11 Å². The summed E-state index contributed by atoms with van der Waals surface area (Å²) in [5.41, 5.74) is 3.45. The SMILES string of the molecule is C#C.C=C(CC)CC/C(C)=C/CC(=O)O.CC.Cc1ccc(F)cc1. The summed E-state index contributed by atoms with van der Waals surface area (Å²) in [6, 6.07) is 6.40. The van der Waals surface area contributed by atoms with Crippen molar-refractivity contribution in [3.63, 3.8) is 0 Å². The summed E-state index contributed by atoms with van der Waals surface area (Å²) in [6.45, 7) is 13.9. The van der Waals surface area contributed by atoms with Crippen LogP contribution in [-0.4, -0.2) is 11.1 Å². The van der Waals surface area contributed by atoms with E-state index in [4.69, 9.17) is 5.11 Å². The van der Waals surface area contributed by atoms with Crippen LogP contribution >= 0.6 is 0 Å². The predicted octanol–water partition coefficient (Wildman–Crippen LogP) is 6.56.